The maximum atomic E-state index is 12.1. The Bertz CT molecular complexity index is 810. The fraction of sp³-hybridized carbons (Fsp3) is 0.231. The second-order valence-electron chi connectivity index (χ2n) is 4.62. The van der Waals surface area contributed by atoms with Crippen LogP contribution in [-0.4, -0.2) is 36.4 Å². The number of hydrogen-bond acceptors (Lipinski definition) is 7. The van der Waals surface area contributed by atoms with E-state index in [1.165, 1.54) is 24.4 Å². The molecule has 2 aromatic rings. The number of nitro groups is 1. The average Bonchev–Trinajstić information content (AvgIpc) is 2.52. The summed E-state index contributed by atoms with van der Waals surface area (Å²) >= 11 is 0. The molecule has 9 nitrogen and oxygen atoms in total. The van der Waals surface area contributed by atoms with Crippen LogP contribution in [0.15, 0.2) is 41.6 Å². The van der Waals surface area contributed by atoms with E-state index in [9.17, 15) is 18.5 Å². The van der Waals surface area contributed by atoms with Crippen molar-refractivity contribution in [2.75, 3.05) is 18.4 Å². The maximum Gasteiger partial charge on any atom is 0.270 e. The molecule has 0 aliphatic carbocycles. The molecule has 1 heterocycles. The molecule has 122 valence electrons. The smallest absolute Gasteiger partial charge is 0.270 e. The van der Waals surface area contributed by atoms with Gasteiger partial charge in [0.2, 0.25) is 10.0 Å². The number of rotatable bonds is 7. The highest BCUT2D eigenvalue weighted by atomic mass is 32.2. The fourth-order valence-electron chi connectivity index (χ4n) is 1.77. The SMILES string of the molecule is Cc1cncc(NCCNS(=O)(=O)c2cccc([N+](=O)[O-])c2)n1. The van der Waals surface area contributed by atoms with Crippen LogP contribution < -0.4 is 10.0 Å². The van der Waals surface area contributed by atoms with Crippen LogP contribution in [0.3, 0.4) is 0 Å². The number of non-ortho nitro benzene ring substituents is 1. The van der Waals surface area contributed by atoms with Gasteiger partial charge < -0.3 is 5.32 Å². The summed E-state index contributed by atoms with van der Waals surface area (Å²) < 4.78 is 26.5. The van der Waals surface area contributed by atoms with E-state index in [2.05, 4.69) is 20.0 Å². The van der Waals surface area contributed by atoms with Gasteiger partial charge in [-0.2, -0.15) is 0 Å². The van der Waals surface area contributed by atoms with Crippen molar-refractivity contribution in [1.82, 2.24) is 14.7 Å². The molecule has 0 fully saturated rings. The molecule has 0 amide bonds. The lowest BCUT2D eigenvalue weighted by Crippen LogP contribution is -2.29. The quantitative estimate of drug-likeness (QED) is 0.439. The third-order valence-corrected chi connectivity index (χ3v) is 4.28. The summed E-state index contributed by atoms with van der Waals surface area (Å²) in [4.78, 5) is 18.0. The summed E-state index contributed by atoms with van der Waals surface area (Å²) in [6.07, 6.45) is 3.14. The Labute approximate surface area is 133 Å². The first kappa shape index (κ1) is 16.8. The van der Waals surface area contributed by atoms with E-state index >= 15 is 0 Å². The van der Waals surface area contributed by atoms with Crippen LogP contribution in [0.2, 0.25) is 0 Å². The number of aryl methyl sites for hydroxylation is 1. The molecule has 23 heavy (non-hydrogen) atoms. The molecule has 2 N–H and O–H groups in total. The van der Waals surface area contributed by atoms with E-state index in [4.69, 9.17) is 0 Å². The first-order valence-corrected chi connectivity index (χ1v) is 8.13. The van der Waals surface area contributed by atoms with E-state index in [-0.39, 0.29) is 17.1 Å². The van der Waals surface area contributed by atoms with Crippen molar-refractivity contribution in [3.8, 4) is 0 Å². The number of benzene rings is 1. The maximum absolute atomic E-state index is 12.1. The standard InChI is InChI=1S/C13H15N5O4S/c1-10-8-14-9-13(17-10)15-5-6-16-23(21,22)12-4-2-3-11(7-12)18(19)20/h2-4,7-9,16H,5-6H2,1H3,(H,15,17). The number of nitro benzene ring substituents is 1. The van der Waals surface area contributed by atoms with E-state index < -0.39 is 14.9 Å². The molecular weight excluding hydrogens is 322 g/mol. The predicted octanol–water partition coefficient (Wildman–Crippen LogP) is 1.08. The van der Waals surface area contributed by atoms with E-state index in [1.807, 2.05) is 0 Å². The molecule has 0 saturated carbocycles. The molecule has 0 unspecified atom stereocenters. The van der Waals surface area contributed by atoms with Gasteiger partial charge in [0.15, 0.2) is 0 Å². The Hall–Kier alpha value is -2.59. The van der Waals surface area contributed by atoms with Crippen LogP contribution in [0.1, 0.15) is 5.69 Å². The highest BCUT2D eigenvalue weighted by Crippen LogP contribution is 2.16. The van der Waals surface area contributed by atoms with Crippen molar-refractivity contribution in [1.29, 1.82) is 0 Å². The van der Waals surface area contributed by atoms with Gasteiger partial charge in [-0.3, -0.25) is 15.1 Å². The molecular formula is C13H15N5O4S. The minimum absolute atomic E-state index is 0.0979. The molecule has 0 spiro atoms. The molecule has 0 aliphatic heterocycles. The van der Waals surface area contributed by atoms with Crippen molar-refractivity contribution >= 4 is 21.5 Å². The zero-order valence-corrected chi connectivity index (χ0v) is 13.1. The predicted molar refractivity (Wildman–Crippen MR) is 83.5 cm³/mol. The third kappa shape index (κ3) is 4.69. The lowest BCUT2D eigenvalue weighted by molar-refractivity contribution is -0.385. The summed E-state index contributed by atoms with van der Waals surface area (Å²) in [6, 6.07) is 4.88. The first-order valence-electron chi connectivity index (χ1n) is 6.65. The Morgan fingerprint density at radius 3 is 2.74 bits per heavy atom. The number of nitrogens with one attached hydrogen (secondary N) is 2. The van der Waals surface area contributed by atoms with Gasteiger partial charge in [-0.15, -0.1) is 0 Å². The van der Waals surface area contributed by atoms with Crippen molar-refractivity contribution in [2.45, 2.75) is 11.8 Å². The Balaban J connectivity index is 1.94. The molecule has 0 saturated heterocycles. The van der Waals surface area contributed by atoms with Gasteiger partial charge in [0.25, 0.3) is 5.69 Å². The Morgan fingerprint density at radius 2 is 2.04 bits per heavy atom. The highest BCUT2D eigenvalue weighted by Gasteiger charge is 2.16. The second kappa shape index (κ2) is 7.11. The average molecular weight is 337 g/mol. The monoisotopic (exact) mass is 337 g/mol. The van der Waals surface area contributed by atoms with Gasteiger partial charge >= 0.3 is 0 Å². The number of sulfonamides is 1. The number of nitrogens with zero attached hydrogens (tertiary/aromatic N) is 3. The molecule has 0 atom stereocenters. The van der Waals surface area contributed by atoms with Gasteiger partial charge in [-0.1, -0.05) is 6.07 Å². The third-order valence-electron chi connectivity index (χ3n) is 2.82. The van der Waals surface area contributed by atoms with Crippen LogP contribution in [-0.2, 0) is 10.0 Å². The largest absolute Gasteiger partial charge is 0.367 e. The topological polar surface area (TPSA) is 127 Å². The van der Waals surface area contributed by atoms with Gasteiger partial charge in [0.1, 0.15) is 5.82 Å². The number of aromatic nitrogens is 2. The molecule has 2 rings (SSSR count). The minimum Gasteiger partial charge on any atom is -0.367 e. The van der Waals surface area contributed by atoms with Crippen LogP contribution in [0, 0.1) is 17.0 Å². The summed E-state index contributed by atoms with van der Waals surface area (Å²) in [5, 5.41) is 13.6. The minimum atomic E-state index is -3.81. The van der Waals surface area contributed by atoms with Crippen molar-refractivity contribution in [3.63, 3.8) is 0 Å². The molecule has 0 aliphatic rings. The molecule has 10 heteroatoms. The molecule has 1 aromatic heterocycles. The summed E-state index contributed by atoms with van der Waals surface area (Å²) in [6.45, 7) is 2.19. The molecule has 1 aromatic carbocycles. The van der Waals surface area contributed by atoms with Gasteiger partial charge in [-0.05, 0) is 13.0 Å². The van der Waals surface area contributed by atoms with Crippen molar-refractivity contribution in [3.05, 3.63) is 52.5 Å². The van der Waals surface area contributed by atoms with Crippen molar-refractivity contribution in [2.24, 2.45) is 0 Å². The zero-order chi connectivity index (χ0) is 16.9. The number of hydrogen-bond donors (Lipinski definition) is 2. The second-order valence-corrected chi connectivity index (χ2v) is 6.39. The van der Waals surface area contributed by atoms with Gasteiger partial charge in [0, 0.05) is 31.4 Å². The molecule has 0 bridgehead atoms. The highest BCUT2D eigenvalue weighted by molar-refractivity contribution is 7.89. The van der Waals surface area contributed by atoms with Crippen LogP contribution in [0.25, 0.3) is 0 Å². The zero-order valence-electron chi connectivity index (χ0n) is 12.3. The normalized spacial score (nSPS) is 11.2. The summed E-state index contributed by atoms with van der Waals surface area (Å²) in [5.41, 5.74) is 0.466. The lowest BCUT2D eigenvalue weighted by atomic mass is 10.3. The van der Waals surface area contributed by atoms with Gasteiger partial charge in [-0.25, -0.2) is 18.1 Å². The van der Waals surface area contributed by atoms with Gasteiger partial charge in [0.05, 0.1) is 21.7 Å². The first-order chi connectivity index (χ1) is 10.9. The summed E-state index contributed by atoms with van der Waals surface area (Å²) in [5.74, 6) is 0.541. The molecule has 0 radical (unpaired) electrons. The van der Waals surface area contributed by atoms with E-state index in [1.54, 1.807) is 13.1 Å². The Kier molecular flexibility index (Phi) is 5.19. The van der Waals surface area contributed by atoms with Crippen LogP contribution in [0.5, 0.6) is 0 Å². The summed E-state index contributed by atoms with van der Waals surface area (Å²) in [7, 11) is -3.81. The van der Waals surface area contributed by atoms with E-state index in [0.29, 0.717) is 12.4 Å². The van der Waals surface area contributed by atoms with E-state index in [0.717, 1.165) is 11.8 Å². The van der Waals surface area contributed by atoms with Crippen LogP contribution >= 0.6 is 0 Å². The van der Waals surface area contributed by atoms with Crippen molar-refractivity contribution < 1.29 is 13.3 Å². The Morgan fingerprint density at radius 1 is 1.26 bits per heavy atom. The van der Waals surface area contributed by atoms with Crippen LogP contribution in [0.4, 0.5) is 11.5 Å². The number of anilines is 1. The fourth-order valence-corrected chi connectivity index (χ4v) is 2.84. The lowest BCUT2D eigenvalue weighted by Gasteiger charge is -2.08.